The van der Waals surface area contributed by atoms with Crippen molar-refractivity contribution in [1.29, 1.82) is 0 Å². The maximum atomic E-state index is 14.1. The minimum Gasteiger partial charge on any atom is -0.426 e. The third kappa shape index (κ3) is 3.03. The molecule has 3 atom stereocenters. The van der Waals surface area contributed by atoms with Crippen molar-refractivity contribution in [2.45, 2.75) is 24.8 Å². The predicted molar refractivity (Wildman–Crippen MR) is 121 cm³/mol. The van der Waals surface area contributed by atoms with E-state index in [0.717, 1.165) is 6.42 Å². The molecule has 1 fully saturated rings. The molecule has 0 aliphatic carbocycles. The molecule has 2 aromatic carbocycles. The van der Waals surface area contributed by atoms with Gasteiger partial charge in [0.15, 0.2) is 5.54 Å². The molecule has 5 rings (SSSR count). The van der Waals surface area contributed by atoms with Gasteiger partial charge in [-0.1, -0.05) is 49.4 Å². The van der Waals surface area contributed by atoms with Gasteiger partial charge in [0, 0.05) is 29.9 Å². The summed E-state index contributed by atoms with van der Waals surface area (Å²) < 4.78 is 5.55. The maximum Gasteiger partial charge on any atom is 0.324 e. The molecule has 7 nitrogen and oxygen atoms in total. The first-order valence-electron chi connectivity index (χ1n) is 11.0. The number of anilines is 1. The number of benzene rings is 2. The maximum absolute atomic E-state index is 14.1. The van der Waals surface area contributed by atoms with E-state index in [0.29, 0.717) is 29.2 Å². The molecular formula is C26H23N3O4. The van der Waals surface area contributed by atoms with Crippen molar-refractivity contribution in [3.8, 4) is 5.75 Å². The highest BCUT2D eigenvalue weighted by Crippen LogP contribution is 2.57. The molecule has 1 N–H and O–H groups in total. The van der Waals surface area contributed by atoms with E-state index in [2.05, 4.69) is 10.3 Å². The lowest BCUT2D eigenvalue weighted by Gasteiger charge is -2.41. The van der Waals surface area contributed by atoms with Crippen LogP contribution in [0.5, 0.6) is 5.75 Å². The van der Waals surface area contributed by atoms with E-state index in [4.69, 9.17) is 4.74 Å². The minimum absolute atomic E-state index is 0.357. The topological polar surface area (TPSA) is 88.6 Å². The summed E-state index contributed by atoms with van der Waals surface area (Å²) in [7, 11) is 0. The summed E-state index contributed by atoms with van der Waals surface area (Å²) in [4.78, 5) is 47.2. The zero-order valence-electron chi connectivity index (χ0n) is 18.1. The van der Waals surface area contributed by atoms with Crippen LogP contribution >= 0.6 is 0 Å². The molecule has 166 valence electrons. The van der Waals surface area contributed by atoms with Gasteiger partial charge < -0.3 is 10.1 Å². The van der Waals surface area contributed by atoms with Crippen LogP contribution in [-0.4, -0.2) is 29.3 Å². The summed E-state index contributed by atoms with van der Waals surface area (Å²) in [5.41, 5.74) is -0.0341. The van der Waals surface area contributed by atoms with Gasteiger partial charge in [0.1, 0.15) is 11.7 Å². The zero-order valence-corrected chi connectivity index (χ0v) is 18.1. The van der Waals surface area contributed by atoms with Crippen LogP contribution in [0.1, 0.15) is 30.5 Å². The summed E-state index contributed by atoms with van der Waals surface area (Å²) >= 11 is 0. The van der Waals surface area contributed by atoms with Crippen LogP contribution in [-0.2, 0) is 19.9 Å². The molecule has 33 heavy (non-hydrogen) atoms. The number of nitrogens with one attached hydrogen (secondary N) is 1. The van der Waals surface area contributed by atoms with E-state index in [1.165, 1.54) is 4.90 Å². The smallest absolute Gasteiger partial charge is 0.324 e. The van der Waals surface area contributed by atoms with Crippen LogP contribution in [0.25, 0.3) is 0 Å². The molecule has 2 aliphatic heterocycles. The Hall–Kier alpha value is -4.00. The number of carbonyl (C=O) groups is 3. The fourth-order valence-electron chi connectivity index (χ4n) is 4.98. The van der Waals surface area contributed by atoms with Gasteiger partial charge in [-0.05, 0) is 36.8 Å². The van der Waals surface area contributed by atoms with Crippen LogP contribution in [0, 0.1) is 5.92 Å². The molecule has 0 unspecified atom stereocenters. The third-order valence-corrected chi connectivity index (χ3v) is 6.29. The average molecular weight is 441 g/mol. The number of aromatic nitrogens is 1. The summed E-state index contributed by atoms with van der Waals surface area (Å²) in [6.45, 7) is 2.38. The third-order valence-electron chi connectivity index (χ3n) is 6.29. The average Bonchev–Trinajstić information content (AvgIpc) is 3.14. The number of pyridine rings is 1. The second kappa shape index (κ2) is 8.16. The number of fused-ring (bicyclic) bond motifs is 3. The molecule has 0 radical (unpaired) electrons. The summed E-state index contributed by atoms with van der Waals surface area (Å²) in [5.74, 6) is -3.15. The Kier molecular flexibility index (Phi) is 5.17. The van der Waals surface area contributed by atoms with Crippen molar-refractivity contribution in [3.63, 3.8) is 0 Å². The fraction of sp³-hybridized carbons (Fsp3) is 0.231. The minimum atomic E-state index is -1.57. The summed E-state index contributed by atoms with van der Waals surface area (Å²) in [6, 6.07) is 21.3. The molecule has 7 heteroatoms. The van der Waals surface area contributed by atoms with Crippen molar-refractivity contribution in [2.75, 3.05) is 11.4 Å². The first-order chi connectivity index (χ1) is 16.1. The molecule has 0 saturated carbocycles. The molecule has 2 amide bonds. The normalized spacial score (nSPS) is 23.5. The Bertz CT molecular complexity index is 1210. The Balaban J connectivity index is 1.86. The van der Waals surface area contributed by atoms with Crippen LogP contribution in [0.15, 0.2) is 79.0 Å². The summed E-state index contributed by atoms with van der Waals surface area (Å²) in [6.07, 6.45) is 2.31. The van der Waals surface area contributed by atoms with Crippen LogP contribution in [0.4, 0.5) is 5.69 Å². The quantitative estimate of drug-likeness (QED) is 0.373. The Morgan fingerprint density at radius 3 is 2.48 bits per heavy atom. The standard InChI is InChI=1S/C26H23N3O4/c1-2-15-28-25(32)26(20-14-8-9-16-27-20)22-18-12-6-7-13-19(18)33-24(31)21(22)23(30)29(26)17-10-4-3-5-11-17/h3-14,16,21-22H,2,15H2,1H3,(H,28,32)/t21-,22-,26-/m1/s1. The molecule has 3 aromatic rings. The molecule has 1 aromatic heterocycles. The van der Waals surface area contributed by atoms with Gasteiger partial charge in [0.25, 0.3) is 5.91 Å². The van der Waals surface area contributed by atoms with E-state index in [1.807, 2.05) is 25.1 Å². The fourth-order valence-corrected chi connectivity index (χ4v) is 4.98. The highest BCUT2D eigenvalue weighted by molar-refractivity contribution is 6.17. The van der Waals surface area contributed by atoms with Gasteiger partial charge in [0.2, 0.25) is 5.91 Å². The SMILES string of the molecule is CCCNC(=O)[C@@]1(c2ccccn2)[C@@H]2c3ccccc3OC(=O)[C@H]2C(=O)N1c1ccccc1. The largest absolute Gasteiger partial charge is 0.426 e. The molecule has 1 saturated heterocycles. The first-order valence-corrected chi connectivity index (χ1v) is 11.0. The summed E-state index contributed by atoms with van der Waals surface area (Å²) in [5, 5.41) is 2.99. The van der Waals surface area contributed by atoms with Crippen LogP contribution in [0.2, 0.25) is 0 Å². The van der Waals surface area contributed by atoms with Gasteiger partial charge in [0.05, 0.1) is 5.69 Å². The molecule has 3 heterocycles. The van der Waals surface area contributed by atoms with Crippen LogP contribution in [0.3, 0.4) is 0 Å². The Labute approximate surface area is 191 Å². The molecular weight excluding hydrogens is 418 g/mol. The van der Waals surface area contributed by atoms with E-state index in [9.17, 15) is 14.4 Å². The highest BCUT2D eigenvalue weighted by Gasteiger charge is 2.69. The number of carbonyl (C=O) groups excluding carboxylic acids is 3. The lowest BCUT2D eigenvalue weighted by atomic mass is 9.71. The van der Waals surface area contributed by atoms with E-state index in [1.54, 1.807) is 60.8 Å². The number of para-hydroxylation sites is 2. The Morgan fingerprint density at radius 1 is 1.03 bits per heavy atom. The lowest BCUT2D eigenvalue weighted by molar-refractivity contribution is -0.144. The second-order valence-electron chi connectivity index (χ2n) is 8.16. The number of nitrogens with zero attached hydrogens (tertiary/aromatic N) is 2. The number of ether oxygens (including phenoxy) is 1. The van der Waals surface area contributed by atoms with E-state index < -0.39 is 29.3 Å². The number of rotatable bonds is 5. The van der Waals surface area contributed by atoms with Crippen molar-refractivity contribution >= 4 is 23.5 Å². The highest BCUT2D eigenvalue weighted by atomic mass is 16.5. The Morgan fingerprint density at radius 2 is 1.76 bits per heavy atom. The number of esters is 1. The van der Waals surface area contributed by atoms with Gasteiger partial charge in [-0.3, -0.25) is 24.3 Å². The second-order valence-corrected chi connectivity index (χ2v) is 8.16. The van der Waals surface area contributed by atoms with Crippen LogP contribution < -0.4 is 15.0 Å². The van der Waals surface area contributed by atoms with E-state index in [-0.39, 0.29) is 5.91 Å². The number of hydrogen-bond acceptors (Lipinski definition) is 5. The van der Waals surface area contributed by atoms with Gasteiger partial charge >= 0.3 is 5.97 Å². The van der Waals surface area contributed by atoms with Crippen molar-refractivity contribution in [3.05, 3.63) is 90.3 Å². The van der Waals surface area contributed by atoms with Crippen molar-refractivity contribution in [2.24, 2.45) is 5.92 Å². The number of hydrogen-bond donors (Lipinski definition) is 1. The van der Waals surface area contributed by atoms with Gasteiger partial charge in [-0.15, -0.1) is 0 Å². The molecule has 0 spiro atoms. The number of amides is 2. The first kappa shape index (κ1) is 20.9. The lowest BCUT2D eigenvalue weighted by Crippen LogP contribution is -2.57. The molecule has 0 bridgehead atoms. The van der Waals surface area contributed by atoms with Gasteiger partial charge in [-0.25, -0.2) is 0 Å². The monoisotopic (exact) mass is 441 g/mol. The zero-order chi connectivity index (χ0) is 23.0. The predicted octanol–water partition coefficient (Wildman–Crippen LogP) is 3.17. The van der Waals surface area contributed by atoms with Gasteiger partial charge in [-0.2, -0.15) is 0 Å². The van der Waals surface area contributed by atoms with Crippen molar-refractivity contribution < 1.29 is 19.1 Å². The molecule has 2 aliphatic rings. The van der Waals surface area contributed by atoms with E-state index >= 15 is 0 Å². The van der Waals surface area contributed by atoms with Crippen molar-refractivity contribution in [1.82, 2.24) is 10.3 Å².